The van der Waals surface area contributed by atoms with Crippen molar-refractivity contribution in [2.45, 2.75) is 39.0 Å². The van der Waals surface area contributed by atoms with E-state index < -0.39 is 17.7 Å². The SMILES string of the molecule is CCSCCOC(=O)C1=C(C)NC2=C(C(=O)CCC2)[C@@H]1c1ccccc1F. The molecule has 1 atom stereocenters. The molecule has 0 bridgehead atoms. The van der Waals surface area contributed by atoms with Gasteiger partial charge >= 0.3 is 5.97 Å². The lowest BCUT2D eigenvalue weighted by Crippen LogP contribution is -2.34. The molecule has 1 aliphatic carbocycles. The van der Waals surface area contributed by atoms with Crippen molar-refractivity contribution in [3.8, 4) is 0 Å². The predicted octanol–water partition coefficient (Wildman–Crippen LogP) is 4.09. The molecule has 1 aliphatic heterocycles. The highest BCUT2D eigenvalue weighted by atomic mass is 32.2. The first kappa shape index (κ1) is 19.7. The molecule has 0 aromatic heterocycles. The first-order chi connectivity index (χ1) is 13.0. The number of hydrogen-bond acceptors (Lipinski definition) is 5. The summed E-state index contributed by atoms with van der Waals surface area (Å²) in [6.45, 7) is 4.12. The van der Waals surface area contributed by atoms with Crippen LogP contribution in [0.3, 0.4) is 0 Å². The highest BCUT2D eigenvalue weighted by molar-refractivity contribution is 7.99. The van der Waals surface area contributed by atoms with Gasteiger partial charge in [0, 0.05) is 34.7 Å². The number of Topliss-reactive ketones (excluding diaryl/α,β-unsaturated/α-hetero) is 1. The Hall–Kier alpha value is -2.08. The van der Waals surface area contributed by atoms with Crippen LogP contribution in [0, 0.1) is 5.82 Å². The number of carbonyl (C=O) groups excluding carboxylic acids is 2. The van der Waals surface area contributed by atoms with Crippen LogP contribution in [0.4, 0.5) is 4.39 Å². The topological polar surface area (TPSA) is 55.4 Å². The fourth-order valence-corrected chi connectivity index (χ4v) is 4.18. The molecule has 0 unspecified atom stereocenters. The maximum absolute atomic E-state index is 14.6. The monoisotopic (exact) mass is 389 g/mol. The van der Waals surface area contributed by atoms with Gasteiger partial charge in [0.15, 0.2) is 5.78 Å². The third kappa shape index (κ3) is 4.10. The second kappa shape index (κ2) is 8.74. The fourth-order valence-electron chi connectivity index (χ4n) is 3.69. The van der Waals surface area contributed by atoms with Crippen molar-refractivity contribution in [1.82, 2.24) is 5.32 Å². The van der Waals surface area contributed by atoms with Gasteiger partial charge in [0.2, 0.25) is 0 Å². The van der Waals surface area contributed by atoms with Crippen LogP contribution in [0.1, 0.15) is 44.6 Å². The van der Waals surface area contributed by atoms with E-state index in [4.69, 9.17) is 4.74 Å². The Balaban J connectivity index is 2.01. The summed E-state index contributed by atoms with van der Waals surface area (Å²) in [7, 11) is 0. The van der Waals surface area contributed by atoms with Crippen molar-refractivity contribution in [1.29, 1.82) is 0 Å². The van der Waals surface area contributed by atoms with E-state index in [-0.39, 0.29) is 12.4 Å². The van der Waals surface area contributed by atoms with Gasteiger partial charge in [-0.25, -0.2) is 9.18 Å². The van der Waals surface area contributed by atoms with Crippen LogP contribution >= 0.6 is 11.8 Å². The molecule has 0 fully saturated rings. The van der Waals surface area contributed by atoms with Crippen LogP contribution in [0.2, 0.25) is 0 Å². The summed E-state index contributed by atoms with van der Waals surface area (Å²) in [5.41, 5.74) is 2.61. The molecule has 0 amide bonds. The number of thioether (sulfide) groups is 1. The highest BCUT2D eigenvalue weighted by Gasteiger charge is 2.40. The van der Waals surface area contributed by atoms with Crippen molar-refractivity contribution >= 4 is 23.5 Å². The summed E-state index contributed by atoms with van der Waals surface area (Å²) in [5, 5.41) is 3.21. The Morgan fingerprint density at radius 1 is 1.33 bits per heavy atom. The van der Waals surface area contributed by atoms with E-state index in [1.165, 1.54) is 6.07 Å². The van der Waals surface area contributed by atoms with Crippen molar-refractivity contribution in [3.63, 3.8) is 0 Å². The van der Waals surface area contributed by atoms with Crippen molar-refractivity contribution in [2.75, 3.05) is 18.1 Å². The lowest BCUT2D eigenvalue weighted by Gasteiger charge is -2.34. The van der Waals surface area contributed by atoms with Crippen LogP contribution in [0.15, 0.2) is 46.8 Å². The van der Waals surface area contributed by atoms with Gasteiger partial charge in [0.25, 0.3) is 0 Å². The van der Waals surface area contributed by atoms with E-state index in [0.717, 1.165) is 24.3 Å². The second-order valence-electron chi connectivity index (χ2n) is 6.62. The number of halogens is 1. The average molecular weight is 389 g/mol. The molecule has 2 aliphatic rings. The third-order valence-electron chi connectivity index (χ3n) is 4.88. The van der Waals surface area contributed by atoms with Crippen LogP contribution < -0.4 is 5.32 Å². The maximum atomic E-state index is 14.6. The van der Waals surface area contributed by atoms with E-state index in [0.29, 0.717) is 34.6 Å². The first-order valence-electron chi connectivity index (χ1n) is 9.27. The lowest BCUT2D eigenvalue weighted by molar-refractivity contribution is -0.138. The molecule has 1 aromatic rings. The van der Waals surface area contributed by atoms with Crippen molar-refractivity contribution in [3.05, 3.63) is 58.2 Å². The molecule has 0 saturated carbocycles. The zero-order valence-corrected chi connectivity index (χ0v) is 16.5. The lowest BCUT2D eigenvalue weighted by atomic mass is 9.75. The van der Waals surface area contributed by atoms with Crippen molar-refractivity contribution in [2.24, 2.45) is 0 Å². The smallest absolute Gasteiger partial charge is 0.336 e. The molecule has 144 valence electrons. The fraction of sp³-hybridized carbons (Fsp3) is 0.429. The van der Waals surface area contributed by atoms with E-state index in [1.54, 1.807) is 36.9 Å². The molecular formula is C21H24FNO3S. The molecule has 0 saturated heterocycles. The number of hydrogen-bond donors (Lipinski definition) is 1. The average Bonchev–Trinajstić information content (AvgIpc) is 2.65. The van der Waals surface area contributed by atoms with Gasteiger partial charge in [-0.2, -0.15) is 11.8 Å². The Labute approximate surface area is 163 Å². The zero-order chi connectivity index (χ0) is 19.4. The van der Waals surface area contributed by atoms with Crippen LogP contribution in [0.5, 0.6) is 0 Å². The van der Waals surface area contributed by atoms with Gasteiger partial charge < -0.3 is 10.1 Å². The molecular weight excluding hydrogens is 365 g/mol. The van der Waals surface area contributed by atoms with Gasteiger partial charge in [0.05, 0.1) is 11.5 Å². The first-order valence-corrected chi connectivity index (χ1v) is 10.4. The summed E-state index contributed by atoms with van der Waals surface area (Å²) in [5.74, 6) is -0.00933. The molecule has 0 radical (unpaired) electrons. The number of rotatable bonds is 6. The minimum absolute atomic E-state index is 0.0312. The number of benzene rings is 1. The van der Waals surface area contributed by atoms with Crippen molar-refractivity contribution < 1.29 is 18.7 Å². The van der Waals surface area contributed by atoms with E-state index in [9.17, 15) is 14.0 Å². The minimum atomic E-state index is -0.721. The normalized spacial score (nSPS) is 19.7. The summed E-state index contributed by atoms with van der Waals surface area (Å²) in [6, 6.07) is 6.34. The Morgan fingerprint density at radius 2 is 2.11 bits per heavy atom. The number of dihydropyridines is 1. The molecule has 0 spiro atoms. The number of esters is 1. The largest absolute Gasteiger partial charge is 0.461 e. The van der Waals surface area contributed by atoms with E-state index >= 15 is 0 Å². The Kier molecular flexibility index (Phi) is 6.37. The summed E-state index contributed by atoms with van der Waals surface area (Å²) in [6.07, 6.45) is 1.90. The molecule has 6 heteroatoms. The Bertz CT molecular complexity index is 815. The molecule has 1 N–H and O–H groups in total. The van der Waals surface area contributed by atoms with E-state index in [2.05, 4.69) is 5.32 Å². The number of ketones is 1. The number of allylic oxidation sites excluding steroid dienone is 3. The molecule has 4 nitrogen and oxygen atoms in total. The number of carbonyl (C=O) groups is 2. The predicted molar refractivity (Wildman–Crippen MR) is 105 cm³/mol. The summed E-state index contributed by atoms with van der Waals surface area (Å²) in [4.78, 5) is 25.6. The standard InChI is InChI=1S/C21H24FNO3S/c1-3-27-12-11-26-21(25)18-13(2)23-16-9-6-10-17(24)20(16)19(18)14-7-4-5-8-15(14)22/h4-5,7-8,19,23H,3,6,9-12H2,1-2H3/t19-/m1/s1. The summed E-state index contributed by atoms with van der Waals surface area (Å²) >= 11 is 1.68. The molecule has 3 rings (SSSR count). The van der Waals surface area contributed by atoms with Gasteiger partial charge in [0.1, 0.15) is 12.4 Å². The maximum Gasteiger partial charge on any atom is 0.336 e. The Morgan fingerprint density at radius 3 is 2.85 bits per heavy atom. The van der Waals surface area contributed by atoms with Crippen LogP contribution in [0.25, 0.3) is 0 Å². The molecule has 1 aromatic carbocycles. The van der Waals surface area contributed by atoms with Gasteiger partial charge in [-0.05, 0) is 31.6 Å². The molecule has 1 heterocycles. The van der Waals surface area contributed by atoms with Gasteiger partial charge in [-0.3, -0.25) is 4.79 Å². The highest BCUT2D eigenvalue weighted by Crippen LogP contribution is 2.43. The number of nitrogens with one attached hydrogen (secondary N) is 1. The quantitative estimate of drug-likeness (QED) is 0.587. The van der Waals surface area contributed by atoms with Gasteiger partial charge in [-0.1, -0.05) is 25.1 Å². The van der Waals surface area contributed by atoms with E-state index in [1.807, 2.05) is 6.92 Å². The third-order valence-corrected chi connectivity index (χ3v) is 5.74. The molecule has 27 heavy (non-hydrogen) atoms. The second-order valence-corrected chi connectivity index (χ2v) is 8.01. The zero-order valence-electron chi connectivity index (χ0n) is 15.6. The minimum Gasteiger partial charge on any atom is -0.461 e. The van der Waals surface area contributed by atoms with Crippen LogP contribution in [-0.2, 0) is 14.3 Å². The van der Waals surface area contributed by atoms with Crippen LogP contribution in [-0.4, -0.2) is 29.9 Å². The summed E-state index contributed by atoms with van der Waals surface area (Å²) < 4.78 is 20.1. The number of ether oxygens (including phenoxy) is 1. The van der Waals surface area contributed by atoms with Gasteiger partial charge in [-0.15, -0.1) is 0 Å².